The molecular weight excluding hydrogens is 420 g/mol. The van der Waals surface area contributed by atoms with Crippen LogP contribution >= 0.6 is 0 Å². The van der Waals surface area contributed by atoms with Crippen molar-refractivity contribution in [3.63, 3.8) is 0 Å². The predicted molar refractivity (Wildman–Crippen MR) is 119 cm³/mol. The molecule has 0 amide bonds. The molecule has 1 rings (SSSR count). The highest BCUT2D eigenvalue weighted by atomic mass is 32.2. The maximum Gasteiger partial charge on any atom is 0.339 e. The van der Waals surface area contributed by atoms with Crippen molar-refractivity contribution in [2.24, 2.45) is 0 Å². The number of unbranched alkanes of at least 4 members (excludes halogenated alkanes) is 6. The van der Waals surface area contributed by atoms with Gasteiger partial charge in [0.25, 0.3) is 10.1 Å². The second-order valence-corrected chi connectivity index (χ2v) is 9.40. The molecule has 1 aromatic carbocycles. The average molecular weight is 457 g/mol. The number of rotatable bonds is 15. The lowest BCUT2D eigenvalue weighted by Crippen LogP contribution is -2.35. The van der Waals surface area contributed by atoms with E-state index in [1.54, 1.807) is 0 Å². The van der Waals surface area contributed by atoms with E-state index >= 15 is 0 Å². The van der Waals surface area contributed by atoms with Crippen molar-refractivity contribution in [1.82, 2.24) is 0 Å². The van der Waals surface area contributed by atoms with Crippen LogP contribution in [-0.2, 0) is 14.9 Å². The summed E-state index contributed by atoms with van der Waals surface area (Å²) in [5.74, 6) is -2.50. The smallest absolute Gasteiger partial charge is 0.339 e. The van der Waals surface area contributed by atoms with Crippen molar-refractivity contribution in [2.45, 2.75) is 102 Å². The van der Waals surface area contributed by atoms with Crippen molar-refractivity contribution in [1.29, 1.82) is 0 Å². The molecule has 1 aromatic rings. The number of hydrogen-bond donors (Lipinski definition) is 2. The van der Waals surface area contributed by atoms with E-state index in [-0.39, 0.29) is 5.56 Å². The molecule has 0 spiro atoms. The minimum atomic E-state index is -4.81. The van der Waals surface area contributed by atoms with E-state index in [0.29, 0.717) is 19.3 Å². The number of ether oxygens (including phenoxy) is 1. The van der Waals surface area contributed by atoms with Crippen LogP contribution in [0.2, 0.25) is 0 Å². The van der Waals surface area contributed by atoms with Gasteiger partial charge >= 0.3 is 11.9 Å². The lowest BCUT2D eigenvalue weighted by Gasteiger charge is -2.33. The van der Waals surface area contributed by atoms with Crippen LogP contribution in [0.5, 0.6) is 0 Å². The highest BCUT2D eigenvalue weighted by molar-refractivity contribution is 7.86. The van der Waals surface area contributed by atoms with Gasteiger partial charge < -0.3 is 9.84 Å². The molecule has 0 heterocycles. The summed E-state index contributed by atoms with van der Waals surface area (Å²) in [7, 11) is -4.81. The Morgan fingerprint density at radius 3 is 1.90 bits per heavy atom. The Morgan fingerprint density at radius 1 is 0.935 bits per heavy atom. The topological polar surface area (TPSA) is 118 Å². The van der Waals surface area contributed by atoms with Crippen LogP contribution in [0.15, 0.2) is 23.1 Å². The summed E-state index contributed by atoms with van der Waals surface area (Å²) < 4.78 is 38.5. The summed E-state index contributed by atoms with van der Waals surface area (Å²) >= 11 is 0. The normalized spacial score (nSPS) is 12.0. The SMILES string of the molecule is CCCCCCC(CC)(CCCCCC)OC(=O)c1cccc(S(=O)(=O)O)c1C(=O)O. The van der Waals surface area contributed by atoms with Gasteiger partial charge in [0.2, 0.25) is 0 Å². The van der Waals surface area contributed by atoms with E-state index < -0.39 is 38.1 Å². The van der Waals surface area contributed by atoms with Crippen molar-refractivity contribution >= 4 is 22.1 Å². The van der Waals surface area contributed by atoms with Crippen LogP contribution in [0.4, 0.5) is 0 Å². The van der Waals surface area contributed by atoms with E-state index in [1.165, 1.54) is 12.1 Å². The molecule has 31 heavy (non-hydrogen) atoms. The highest BCUT2D eigenvalue weighted by Gasteiger charge is 2.34. The molecule has 0 aliphatic carbocycles. The summed E-state index contributed by atoms with van der Waals surface area (Å²) in [6.07, 6.45) is 10.1. The molecule has 176 valence electrons. The summed E-state index contributed by atoms with van der Waals surface area (Å²) in [5, 5.41) is 9.53. The van der Waals surface area contributed by atoms with E-state index in [1.807, 2.05) is 6.92 Å². The second kappa shape index (κ2) is 12.8. The van der Waals surface area contributed by atoms with Gasteiger partial charge in [-0.25, -0.2) is 9.59 Å². The summed E-state index contributed by atoms with van der Waals surface area (Å²) in [5.41, 5.74) is -1.87. The molecule has 0 atom stereocenters. The summed E-state index contributed by atoms with van der Waals surface area (Å²) in [6.45, 7) is 6.18. The van der Waals surface area contributed by atoms with Crippen molar-refractivity contribution in [3.8, 4) is 0 Å². The highest BCUT2D eigenvalue weighted by Crippen LogP contribution is 2.32. The Hall–Kier alpha value is -1.93. The van der Waals surface area contributed by atoms with E-state index in [9.17, 15) is 27.7 Å². The molecule has 7 nitrogen and oxygen atoms in total. The summed E-state index contributed by atoms with van der Waals surface area (Å²) in [4.78, 5) is 24.0. The molecule has 0 aromatic heterocycles. The largest absolute Gasteiger partial charge is 0.478 e. The fourth-order valence-corrected chi connectivity index (χ4v) is 4.49. The van der Waals surface area contributed by atoms with Crippen molar-refractivity contribution < 1.29 is 32.4 Å². The van der Waals surface area contributed by atoms with Crippen LogP contribution in [0.1, 0.15) is 112 Å². The lowest BCUT2D eigenvalue weighted by atomic mass is 9.87. The molecule has 0 radical (unpaired) electrons. The number of esters is 1. The number of carboxylic acid groups (broad SMARTS) is 1. The van der Waals surface area contributed by atoms with Crippen LogP contribution in [0, 0.1) is 0 Å². The standard InChI is InChI=1S/C23H36O7S/c1-4-7-9-11-16-23(6-3,17-12-10-8-5-2)30-22(26)18-14-13-15-19(31(27,28)29)20(18)21(24)25/h13-15H,4-12,16-17H2,1-3H3,(H,24,25)(H,27,28,29). The molecule has 0 saturated carbocycles. The molecule has 0 saturated heterocycles. The van der Waals surface area contributed by atoms with Crippen LogP contribution in [0.3, 0.4) is 0 Å². The van der Waals surface area contributed by atoms with Crippen molar-refractivity contribution in [2.75, 3.05) is 0 Å². The van der Waals surface area contributed by atoms with Gasteiger partial charge in [0.05, 0.1) is 11.1 Å². The van der Waals surface area contributed by atoms with Gasteiger partial charge in [-0.3, -0.25) is 4.55 Å². The monoisotopic (exact) mass is 456 g/mol. The Balaban J connectivity index is 3.23. The number of carbonyl (C=O) groups excluding carboxylic acids is 1. The van der Waals surface area contributed by atoms with Gasteiger partial charge in [-0.15, -0.1) is 0 Å². The molecule has 0 fully saturated rings. The van der Waals surface area contributed by atoms with Crippen LogP contribution < -0.4 is 0 Å². The number of aromatic carboxylic acids is 1. The maximum absolute atomic E-state index is 13.0. The van der Waals surface area contributed by atoms with Gasteiger partial charge in [0.15, 0.2) is 0 Å². The molecule has 2 N–H and O–H groups in total. The molecule has 0 unspecified atom stereocenters. The second-order valence-electron chi connectivity index (χ2n) is 8.01. The molecule has 0 aliphatic rings. The third-order valence-electron chi connectivity index (χ3n) is 5.66. The third-order valence-corrected chi connectivity index (χ3v) is 6.56. The average Bonchev–Trinajstić information content (AvgIpc) is 2.72. The minimum Gasteiger partial charge on any atom is -0.478 e. The van der Waals surface area contributed by atoms with Gasteiger partial charge in [-0.1, -0.05) is 65.4 Å². The Bertz CT molecular complexity index is 818. The maximum atomic E-state index is 13.0. The molecule has 8 heteroatoms. The fraction of sp³-hybridized carbons (Fsp3) is 0.652. The zero-order valence-electron chi connectivity index (χ0n) is 18.9. The Labute approximate surface area is 185 Å². The van der Waals surface area contributed by atoms with E-state index in [0.717, 1.165) is 57.4 Å². The van der Waals surface area contributed by atoms with Crippen LogP contribution in [0.25, 0.3) is 0 Å². The number of benzene rings is 1. The predicted octanol–water partition coefficient (Wildman–Crippen LogP) is 5.88. The van der Waals surface area contributed by atoms with E-state index in [2.05, 4.69) is 13.8 Å². The van der Waals surface area contributed by atoms with E-state index in [4.69, 9.17) is 4.74 Å². The first-order chi connectivity index (χ1) is 14.6. The first-order valence-corrected chi connectivity index (χ1v) is 12.6. The van der Waals surface area contributed by atoms with Gasteiger partial charge in [-0.2, -0.15) is 8.42 Å². The molecule has 0 bridgehead atoms. The van der Waals surface area contributed by atoms with Crippen molar-refractivity contribution in [3.05, 3.63) is 29.3 Å². The quantitative estimate of drug-likeness (QED) is 0.192. The zero-order chi connectivity index (χ0) is 23.5. The zero-order valence-corrected chi connectivity index (χ0v) is 19.7. The minimum absolute atomic E-state index is 0.373. The van der Waals surface area contributed by atoms with Crippen LogP contribution in [-0.4, -0.2) is 35.6 Å². The van der Waals surface area contributed by atoms with Gasteiger partial charge in [0, 0.05) is 0 Å². The lowest BCUT2D eigenvalue weighted by molar-refractivity contribution is -0.0325. The molecule has 0 aliphatic heterocycles. The molecular formula is C23H36O7S. The first-order valence-electron chi connectivity index (χ1n) is 11.2. The number of carboxylic acids is 1. The Kier molecular flexibility index (Phi) is 11.2. The number of carbonyl (C=O) groups is 2. The first kappa shape index (κ1) is 27.1. The summed E-state index contributed by atoms with van der Waals surface area (Å²) in [6, 6.07) is 3.40. The third kappa shape index (κ3) is 8.26. The van der Waals surface area contributed by atoms with Gasteiger partial charge in [0.1, 0.15) is 10.5 Å². The fourth-order valence-electron chi connectivity index (χ4n) is 3.79. The Morgan fingerprint density at radius 2 is 1.48 bits per heavy atom. The number of hydrogen-bond acceptors (Lipinski definition) is 5. The van der Waals surface area contributed by atoms with Gasteiger partial charge in [-0.05, 0) is 44.2 Å².